The zero-order valence-electron chi connectivity index (χ0n) is 26.6. The van der Waals surface area contributed by atoms with Crippen molar-refractivity contribution in [1.82, 2.24) is 4.90 Å². The third-order valence-corrected chi connectivity index (χ3v) is 8.06. The highest BCUT2D eigenvalue weighted by atomic mass is 16.6. The number of aryl methyl sites for hydroxylation is 2. The summed E-state index contributed by atoms with van der Waals surface area (Å²) < 4.78 is 28.5. The number of cyclic esters (lactones) is 1. The Labute approximate surface area is 274 Å². The van der Waals surface area contributed by atoms with Gasteiger partial charge in [0.15, 0.2) is 6.10 Å². The van der Waals surface area contributed by atoms with Crippen molar-refractivity contribution in [2.45, 2.75) is 50.7 Å². The number of amides is 2. The van der Waals surface area contributed by atoms with Gasteiger partial charge in [-0.25, -0.2) is 9.69 Å². The number of furan rings is 1. The van der Waals surface area contributed by atoms with E-state index in [0.29, 0.717) is 31.8 Å². The molecule has 2 heterocycles. The van der Waals surface area contributed by atoms with Crippen molar-refractivity contribution >= 4 is 12.0 Å². The highest BCUT2D eigenvalue weighted by Gasteiger charge is 2.44. The standard InChI is InChI=1S/C37H41NO9/c1-25-11-9-16-28(19-25)30-20-33(47-32(30)17-10-18-44-23-29(21-39)45-22-26-12-5-3-6-13-26)34(40)35(43-2)36(41)38-31(24-46-37(38)42)27-14-7-4-8-15-27/h3-9,11-16,19-20,29,31,34-35,39-40H,10,17-18,21-24H2,1-2H3/t29-,31-,34+,35+/m1/s1. The normalized spacial score (nSPS) is 16.6. The van der Waals surface area contributed by atoms with Crippen molar-refractivity contribution in [1.29, 1.82) is 0 Å². The highest BCUT2D eigenvalue weighted by Crippen LogP contribution is 2.35. The van der Waals surface area contributed by atoms with Gasteiger partial charge >= 0.3 is 6.09 Å². The maximum atomic E-state index is 13.7. The van der Waals surface area contributed by atoms with E-state index in [2.05, 4.69) is 0 Å². The number of imide groups is 1. The summed E-state index contributed by atoms with van der Waals surface area (Å²) in [6.45, 7) is 2.82. The van der Waals surface area contributed by atoms with Gasteiger partial charge in [0.2, 0.25) is 0 Å². The monoisotopic (exact) mass is 643 g/mol. The number of benzene rings is 3. The number of carbonyl (C=O) groups excluding carboxylic acids is 2. The van der Waals surface area contributed by atoms with Crippen LogP contribution in [0.2, 0.25) is 0 Å². The second kappa shape index (κ2) is 16.5. The molecule has 1 saturated heterocycles. The molecule has 0 radical (unpaired) electrons. The Hall–Kier alpha value is -4.32. The van der Waals surface area contributed by atoms with Crippen LogP contribution in [0.3, 0.4) is 0 Å². The van der Waals surface area contributed by atoms with Crippen LogP contribution in [0.15, 0.2) is 95.4 Å². The maximum absolute atomic E-state index is 13.7. The van der Waals surface area contributed by atoms with E-state index in [0.717, 1.165) is 32.7 Å². The van der Waals surface area contributed by atoms with Crippen molar-refractivity contribution in [2.75, 3.05) is 33.5 Å². The molecule has 5 rings (SSSR count). The molecule has 1 aliphatic rings. The van der Waals surface area contributed by atoms with Crippen LogP contribution in [0, 0.1) is 6.92 Å². The summed E-state index contributed by atoms with van der Waals surface area (Å²) in [4.78, 5) is 27.4. The molecular weight excluding hydrogens is 602 g/mol. The second-order valence-corrected chi connectivity index (χ2v) is 11.4. The van der Waals surface area contributed by atoms with Crippen LogP contribution in [0.25, 0.3) is 11.1 Å². The van der Waals surface area contributed by atoms with Crippen LogP contribution in [-0.2, 0) is 36.8 Å². The van der Waals surface area contributed by atoms with E-state index < -0.39 is 36.4 Å². The van der Waals surface area contributed by atoms with Gasteiger partial charge in [-0.15, -0.1) is 0 Å². The SMILES string of the molecule is CO[C@H](C(=O)N1C(=O)OC[C@@H]1c1ccccc1)[C@@H](O)c1cc(-c2cccc(C)c2)c(CCCOC[C@@H](CO)OCc2ccccc2)o1. The topological polar surface area (TPSA) is 128 Å². The van der Waals surface area contributed by atoms with Crippen LogP contribution in [0.4, 0.5) is 4.79 Å². The molecule has 1 fully saturated rings. The van der Waals surface area contributed by atoms with Crippen LogP contribution < -0.4 is 0 Å². The van der Waals surface area contributed by atoms with E-state index in [1.165, 1.54) is 7.11 Å². The lowest BCUT2D eigenvalue weighted by molar-refractivity contribution is -0.148. The number of nitrogens with zero attached hydrogens (tertiary/aromatic N) is 1. The summed E-state index contributed by atoms with van der Waals surface area (Å²) in [6, 6.07) is 27.8. The molecule has 0 spiro atoms. The van der Waals surface area contributed by atoms with E-state index in [1.54, 1.807) is 6.07 Å². The van der Waals surface area contributed by atoms with Crippen molar-refractivity contribution < 1.29 is 43.2 Å². The molecule has 0 aliphatic carbocycles. The number of methoxy groups -OCH3 is 1. The first-order valence-corrected chi connectivity index (χ1v) is 15.7. The Balaban J connectivity index is 1.27. The van der Waals surface area contributed by atoms with Crippen molar-refractivity contribution in [2.24, 2.45) is 0 Å². The van der Waals surface area contributed by atoms with E-state index in [4.69, 9.17) is 23.4 Å². The van der Waals surface area contributed by atoms with Crippen LogP contribution in [-0.4, -0.2) is 72.9 Å². The number of aliphatic hydroxyl groups excluding tert-OH is 2. The molecule has 10 nitrogen and oxygen atoms in total. The summed E-state index contributed by atoms with van der Waals surface area (Å²) in [7, 11) is 1.30. The molecule has 1 aromatic heterocycles. The van der Waals surface area contributed by atoms with Crippen molar-refractivity contribution in [3.05, 3.63) is 119 Å². The maximum Gasteiger partial charge on any atom is 0.417 e. The fourth-order valence-corrected chi connectivity index (χ4v) is 5.57. The van der Waals surface area contributed by atoms with Gasteiger partial charge in [-0.05, 0) is 36.1 Å². The minimum Gasteiger partial charge on any atom is -0.463 e. The lowest BCUT2D eigenvalue weighted by Crippen LogP contribution is -2.44. The van der Waals surface area contributed by atoms with Gasteiger partial charge in [-0.1, -0.05) is 90.5 Å². The highest BCUT2D eigenvalue weighted by molar-refractivity contribution is 5.96. The number of hydrogen-bond donors (Lipinski definition) is 2. The zero-order chi connectivity index (χ0) is 33.2. The molecule has 2 N–H and O–H groups in total. The number of aliphatic hydroxyl groups is 2. The summed E-state index contributed by atoms with van der Waals surface area (Å²) in [5, 5.41) is 21.2. The van der Waals surface area contributed by atoms with E-state index in [-0.39, 0.29) is 25.6 Å². The van der Waals surface area contributed by atoms with Crippen LogP contribution in [0.5, 0.6) is 0 Å². The van der Waals surface area contributed by atoms with Crippen molar-refractivity contribution in [3.63, 3.8) is 0 Å². The second-order valence-electron chi connectivity index (χ2n) is 11.4. The van der Waals surface area contributed by atoms with Gasteiger partial charge < -0.3 is 33.6 Å². The average Bonchev–Trinajstić information content (AvgIpc) is 3.71. The van der Waals surface area contributed by atoms with Gasteiger partial charge in [0.25, 0.3) is 5.91 Å². The fraction of sp³-hybridized carbons (Fsp3) is 0.351. The lowest BCUT2D eigenvalue weighted by atomic mass is 10.0. The molecule has 248 valence electrons. The molecule has 10 heteroatoms. The fourth-order valence-electron chi connectivity index (χ4n) is 5.57. The summed E-state index contributed by atoms with van der Waals surface area (Å²) in [5.74, 6) is 0.0150. The third-order valence-electron chi connectivity index (χ3n) is 8.06. The van der Waals surface area contributed by atoms with E-state index >= 15 is 0 Å². The summed E-state index contributed by atoms with van der Waals surface area (Å²) in [6.07, 6.45) is -3.12. The molecule has 0 saturated carbocycles. The van der Waals surface area contributed by atoms with E-state index in [9.17, 15) is 19.8 Å². The molecular formula is C37H41NO9. The molecule has 3 aromatic carbocycles. The van der Waals surface area contributed by atoms with Gasteiger partial charge in [0.05, 0.1) is 19.8 Å². The van der Waals surface area contributed by atoms with Gasteiger partial charge in [-0.2, -0.15) is 0 Å². The van der Waals surface area contributed by atoms with Crippen LogP contribution in [0.1, 0.15) is 46.8 Å². The Morgan fingerprint density at radius 3 is 2.47 bits per heavy atom. The number of ether oxygens (including phenoxy) is 4. The predicted molar refractivity (Wildman–Crippen MR) is 173 cm³/mol. The molecule has 0 bridgehead atoms. The lowest BCUT2D eigenvalue weighted by Gasteiger charge is -2.26. The first-order valence-electron chi connectivity index (χ1n) is 15.7. The Morgan fingerprint density at radius 2 is 1.77 bits per heavy atom. The molecule has 4 aromatic rings. The molecule has 4 atom stereocenters. The Kier molecular flexibility index (Phi) is 11.9. The average molecular weight is 644 g/mol. The molecule has 0 unspecified atom stereocenters. The molecule has 2 amide bonds. The summed E-state index contributed by atoms with van der Waals surface area (Å²) >= 11 is 0. The van der Waals surface area contributed by atoms with Gasteiger partial charge in [0.1, 0.15) is 36.4 Å². The third kappa shape index (κ3) is 8.54. The van der Waals surface area contributed by atoms with Crippen molar-refractivity contribution in [3.8, 4) is 11.1 Å². The minimum atomic E-state index is -1.50. The van der Waals surface area contributed by atoms with E-state index in [1.807, 2.05) is 91.9 Å². The number of carbonyl (C=O) groups is 2. The van der Waals surface area contributed by atoms with Crippen LogP contribution >= 0.6 is 0 Å². The number of rotatable bonds is 16. The zero-order valence-corrected chi connectivity index (χ0v) is 26.6. The minimum absolute atomic E-state index is 0.00377. The summed E-state index contributed by atoms with van der Waals surface area (Å²) in [5.41, 5.74) is 4.46. The Morgan fingerprint density at radius 1 is 1.02 bits per heavy atom. The Bertz CT molecular complexity index is 1590. The molecule has 1 aliphatic heterocycles. The van der Waals surface area contributed by atoms with Gasteiger partial charge in [-0.3, -0.25) is 4.79 Å². The molecule has 47 heavy (non-hydrogen) atoms. The first-order chi connectivity index (χ1) is 22.9. The smallest absolute Gasteiger partial charge is 0.417 e. The van der Waals surface area contributed by atoms with Gasteiger partial charge in [0, 0.05) is 25.7 Å². The number of hydrogen-bond acceptors (Lipinski definition) is 9. The first kappa shape index (κ1) is 34.0. The predicted octanol–water partition coefficient (Wildman–Crippen LogP) is 5.55. The quantitative estimate of drug-likeness (QED) is 0.151. The largest absolute Gasteiger partial charge is 0.463 e.